The lowest BCUT2D eigenvalue weighted by molar-refractivity contribution is -0.117. The Morgan fingerprint density at radius 2 is 1.79 bits per heavy atom. The van der Waals surface area contributed by atoms with E-state index in [0.717, 1.165) is 12.1 Å². The number of rotatable bonds is 7. The van der Waals surface area contributed by atoms with Crippen molar-refractivity contribution < 1.29 is 28.6 Å². The zero-order valence-electron chi connectivity index (χ0n) is 15.8. The Balaban J connectivity index is 1.64. The molecule has 0 N–H and O–H groups in total. The van der Waals surface area contributed by atoms with Gasteiger partial charge in [-0.2, -0.15) is 0 Å². The Morgan fingerprint density at radius 3 is 2.39 bits per heavy atom. The van der Waals surface area contributed by atoms with E-state index in [1.54, 1.807) is 41.3 Å². The SMILES string of the molecule is COc1ccc(OC)c(C(=O)COC(=O)c2ccc(N3CCCC3=O)cc2)c1. The quantitative estimate of drug-likeness (QED) is 0.540. The summed E-state index contributed by atoms with van der Waals surface area (Å²) in [4.78, 5) is 38.1. The molecular weight excluding hydrogens is 362 g/mol. The van der Waals surface area contributed by atoms with Gasteiger partial charge in [-0.3, -0.25) is 9.59 Å². The average Bonchev–Trinajstić information content (AvgIpc) is 3.17. The van der Waals surface area contributed by atoms with E-state index >= 15 is 0 Å². The van der Waals surface area contributed by atoms with Crippen LogP contribution in [-0.4, -0.2) is 45.0 Å². The van der Waals surface area contributed by atoms with E-state index in [4.69, 9.17) is 14.2 Å². The lowest BCUT2D eigenvalue weighted by Crippen LogP contribution is -2.23. The lowest BCUT2D eigenvalue weighted by Gasteiger charge is -2.15. The highest BCUT2D eigenvalue weighted by atomic mass is 16.5. The van der Waals surface area contributed by atoms with Crippen LogP contribution in [0.4, 0.5) is 5.69 Å². The number of ketones is 1. The molecular formula is C21H21NO6. The normalized spacial score (nSPS) is 13.4. The number of hydrogen-bond acceptors (Lipinski definition) is 6. The molecule has 1 aliphatic rings. The molecule has 1 amide bonds. The topological polar surface area (TPSA) is 82.1 Å². The summed E-state index contributed by atoms with van der Waals surface area (Å²) in [7, 11) is 2.95. The molecule has 0 aromatic heterocycles. The minimum atomic E-state index is -0.616. The van der Waals surface area contributed by atoms with Crippen LogP contribution < -0.4 is 14.4 Å². The van der Waals surface area contributed by atoms with Gasteiger partial charge in [0, 0.05) is 18.7 Å². The van der Waals surface area contributed by atoms with Crippen LogP contribution >= 0.6 is 0 Å². The first-order chi connectivity index (χ1) is 13.5. The van der Waals surface area contributed by atoms with Gasteiger partial charge in [0.15, 0.2) is 6.61 Å². The van der Waals surface area contributed by atoms with Gasteiger partial charge in [-0.25, -0.2) is 4.79 Å². The van der Waals surface area contributed by atoms with Gasteiger partial charge in [-0.15, -0.1) is 0 Å². The van der Waals surface area contributed by atoms with E-state index in [0.29, 0.717) is 30.0 Å². The first-order valence-electron chi connectivity index (χ1n) is 8.86. The van der Waals surface area contributed by atoms with Crippen molar-refractivity contribution in [2.24, 2.45) is 0 Å². The summed E-state index contributed by atoms with van der Waals surface area (Å²) in [6.07, 6.45) is 1.37. The van der Waals surface area contributed by atoms with Crippen LogP contribution in [-0.2, 0) is 9.53 Å². The highest BCUT2D eigenvalue weighted by Crippen LogP contribution is 2.25. The molecule has 7 heteroatoms. The van der Waals surface area contributed by atoms with Crippen molar-refractivity contribution in [1.82, 2.24) is 0 Å². The standard InChI is InChI=1S/C21H21NO6/c1-26-16-9-10-19(27-2)17(12-16)18(23)13-28-21(25)14-5-7-15(8-6-14)22-11-3-4-20(22)24/h5-10,12H,3-4,11,13H2,1-2H3. The highest BCUT2D eigenvalue weighted by Gasteiger charge is 2.22. The summed E-state index contributed by atoms with van der Waals surface area (Å²) in [5.74, 6) is -0.0601. The van der Waals surface area contributed by atoms with E-state index in [9.17, 15) is 14.4 Å². The van der Waals surface area contributed by atoms with Crippen LogP contribution in [0.15, 0.2) is 42.5 Å². The molecule has 1 heterocycles. The minimum Gasteiger partial charge on any atom is -0.497 e. The molecule has 0 unspecified atom stereocenters. The van der Waals surface area contributed by atoms with Gasteiger partial charge in [-0.05, 0) is 48.9 Å². The van der Waals surface area contributed by atoms with Gasteiger partial charge in [0.2, 0.25) is 11.7 Å². The Kier molecular flexibility index (Phi) is 5.93. The van der Waals surface area contributed by atoms with E-state index in [1.165, 1.54) is 20.3 Å². The van der Waals surface area contributed by atoms with Crippen LogP contribution in [0.3, 0.4) is 0 Å². The Bertz CT molecular complexity index is 890. The highest BCUT2D eigenvalue weighted by molar-refractivity contribution is 6.02. The minimum absolute atomic E-state index is 0.0770. The zero-order valence-corrected chi connectivity index (χ0v) is 15.8. The maximum absolute atomic E-state index is 12.4. The molecule has 1 aliphatic heterocycles. The van der Waals surface area contributed by atoms with Crippen molar-refractivity contribution in [2.45, 2.75) is 12.8 Å². The summed E-state index contributed by atoms with van der Waals surface area (Å²) < 4.78 is 15.4. The number of esters is 1. The second kappa shape index (κ2) is 8.56. The van der Waals surface area contributed by atoms with Crippen molar-refractivity contribution in [2.75, 3.05) is 32.3 Å². The Labute approximate surface area is 162 Å². The fraction of sp³-hybridized carbons (Fsp3) is 0.286. The van der Waals surface area contributed by atoms with Gasteiger partial charge >= 0.3 is 5.97 Å². The Hall–Kier alpha value is -3.35. The predicted octanol–water partition coefficient (Wildman–Crippen LogP) is 2.87. The predicted molar refractivity (Wildman–Crippen MR) is 102 cm³/mol. The van der Waals surface area contributed by atoms with Crippen LogP contribution in [0.2, 0.25) is 0 Å². The maximum Gasteiger partial charge on any atom is 0.338 e. The van der Waals surface area contributed by atoms with E-state index in [1.807, 2.05) is 0 Å². The van der Waals surface area contributed by atoms with Gasteiger partial charge in [-0.1, -0.05) is 0 Å². The molecule has 0 radical (unpaired) electrons. The molecule has 7 nitrogen and oxygen atoms in total. The van der Waals surface area contributed by atoms with Crippen molar-refractivity contribution >= 4 is 23.3 Å². The first kappa shape index (κ1) is 19.4. The molecule has 0 bridgehead atoms. The van der Waals surface area contributed by atoms with Gasteiger partial charge in [0.05, 0.1) is 25.3 Å². The molecule has 2 aromatic carbocycles. The van der Waals surface area contributed by atoms with Gasteiger partial charge in [0.1, 0.15) is 11.5 Å². The van der Waals surface area contributed by atoms with Crippen LogP contribution in [0.25, 0.3) is 0 Å². The molecule has 0 aliphatic carbocycles. The summed E-state index contributed by atoms with van der Waals surface area (Å²) in [5.41, 5.74) is 1.33. The van der Waals surface area contributed by atoms with Gasteiger partial charge in [0.25, 0.3) is 0 Å². The van der Waals surface area contributed by atoms with Crippen molar-refractivity contribution in [3.05, 3.63) is 53.6 Å². The summed E-state index contributed by atoms with van der Waals surface area (Å²) >= 11 is 0. The number of amides is 1. The lowest BCUT2D eigenvalue weighted by atomic mass is 10.1. The molecule has 0 saturated carbocycles. The largest absolute Gasteiger partial charge is 0.497 e. The number of anilines is 1. The first-order valence-corrected chi connectivity index (χ1v) is 8.86. The molecule has 28 heavy (non-hydrogen) atoms. The molecule has 2 aromatic rings. The number of nitrogens with zero attached hydrogens (tertiary/aromatic N) is 1. The van der Waals surface area contributed by atoms with E-state index in [-0.39, 0.29) is 11.5 Å². The zero-order chi connectivity index (χ0) is 20.1. The Morgan fingerprint density at radius 1 is 1.04 bits per heavy atom. The average molecular weight is 383 g/mol. The molecule has 1 saturated heterocycles. The number of hydrogen-bond donors (Lipinski definition) is 0. The number of ether oxygens (including phenoxy) is 3. The van der Waals surface area contributed by atoms with Crippen LogP contribution in [0, 0.1) is 0 Å². The maximum atomic E-state index is 12.4. The second-order valence-corrected chi connectivity index (χ2v) is 6.26. The van der Waals surface area contributed by atoms with Crippen LogP contribution in [0.1, 0.15) is 33.6 Å². The summed E-state index contributed by atoms with van der Waals surface area (Å²) in [6.45, 7) is 0.258. The van der Waals surface area contributed by atoms with Crippen molar-refractivity contribution in [1.29, 1.82) is 0 Å². The van der Waals surface area contributed by atoms with E-state index in [2.05, 4.69) is 0 Å². The second-order valence-electron chi connectivity index (χ2n) is 6.26. The van der Waals surface area contributed by atoms with Crippen LogP contribution in [0.5, 0.6) is 11.5 Å². The third-order valence-corrected chi connectivity index (χ3v) is 4.53. The molecule has 146 valence electrons. The number of Topliss-reactive ketones (excluding diaryl/α,β-unsaturated/α-hetero) is 1. The number of benzene rings is 2. The fourth-order valence-electron chi connectivity index (χ4n) is 3.02. The monoisotopic (exact) mass is 383 g/mol. The third-order valence-electron chi connectivity index (χ3n) is 4.53. The number of carbonyl (C=O) groups is 3. The fourth-order valence-corrected chi connectivity index (χ4v) is 3.02. The summed E-state index contributed by atoms with van der Waals surface area (Å²) in [5, 5.41) is 0. The number of carbonyl (C=O) groups excluding carboxylic acids is 3. The number of methoxy groups -OCH3 is 2. The molecule has 0 spiro atoms. The summed E-state index contributed by atoms with van der Waals surface area (Å²) in [6, 6.07) is 11.4. The molecule has 0 atom stereocenters. The smallest absolute Gasteiger partial charge is 0.338 e. The van der Waals surface area contributed by atoms with Crippen molar-refractivity contribution in [3.63, 3.8) is 0 Å². The molecule has 1 fully saturated rings. The van der Waals surface area contributed by atoms with Crippen molar-refractivity contribution in [3.8, 4) is 11.5 Å². The van der Waals surface area contributed by atoms with Gasteiger partial charge < -0.3 is 19.1 Å². The third kappa shape index (κ3) is 4.14. The van der Waals surface area contributed by atoms with E-state index < -0.39 is 18.4 Å². The molecule has 3 rings (SSSR count).